The molecule has 0 fully saturated rings. The summed E-state index contributed by atoms with van der Waals surface area (Å²) >= 11 is 0. The van der Waals surface area contributed by atoms with Crippen molar-refractivity contribution in [3.05, 3.63) is 54.0 Å². The van der Waals surface area contributed by atoms with Crippen LogP contribution < -0.4 is 0 Å². The van der Waals surface area contributed by atoms with Crippen molar-refractivity contribution >= 4 is 16.8 Å². The molecule has 3 aromatic rings. The lowest BCUT2D eigenvalue weighted by molar-refractivity contribution is -0.136. The number of carbonyl (C=O) groups excluding carboxylic acids is 1. The number of hydrogen-bond acceptors (Lipinski definition) is 7. The maximum absolute atomic E-state index is 13.0. The normalized spacial score (nSPS) is 20.9. The highest BCUT2D eigenvalue weighted by Gasteiger charge is 2.28. The zero-order valence-corrected chi connectivity index (χ0v) is 20.9. The van der Waals surface area contributed by atoms with Gasteiger partial charge in [0.1, 0.15) is 5.69 Å². The number of pyridine rings is 1. The first kappa shape index (κ1) is 25.2. The van der Waals surface area contributed by atoms with E-state index in [4.69, 9.17) is 4.74 Å². The van der Waals surface area contributed by atoms with Gasteiger partial charge in [-0.2, -0.15) is 0 Å². The van der Waals surface area contributed by atoms with Crippen LogP contribution in [0.3, 0.4) is 0 Å². The number of likely N-dealkylation sites (N-methyl/N-ethyl adjacent to an activating group) is 1. The maximum atomic E-state index is 13.0. The number of aromatic nitrogens is 4. The van der Waals surface area contributed by atoms with Crippen LogP contribution in [0.1, 0.15) is 37.9 Å². The largest absolute Gasteiger partial charge is 0.394 e. The molecule has 2 bridgehead atoms. The second-order valence-electron chi connectivity index (χ2n) is 9.71. The molecule has 1 aliphatic heterocycles. The number of amides is 1. The summed E-state index contributed by atoms with van der Waals surface area (Å²) < 4.78 is 8.14. The van der Waals surface area contributed by atoms with E-state index in [-0.39, 0.29) is 30.6 Å². The molecule has 4 rings (SSSR count). The van der Waals surface area contributed by atoms with Gasteiger partial charge in [-0.15, -0.1) is 5.10 Å². The third-order valence-corrected chi connectivity index (χ3v) is 6.66. The molecule has 0 aliphatic carbocycles. The number of fused-ring (bicyclic) bond motifs is 3. The molecule has 9 heteroatoms. The molecule has 0 unspecified atom stereocenters. The Morgan fingerprint density at radius 3 is 3.00 bits per heavy atom. The molecular formula is C26H36N6O3. The van der Waals surface area contributed by atoms with Gasteiger partial charge in [-0.25, -0.2) is 0 Å². The number of rotatable bonds is 6. The van der Waals surface area contributed by atoms with Crippen LogP contribution >= 0.6 is 0 Å². The maximum Gasteiger partial charge on any atom is 0.222 e. The average molecular weight is 481 g/mol. The number of benzene rings is 1. The quantitative estimate of drug-likeness (QED) is 0.579. The number of aliphatic hydroxyl groups excluding tert-OH is 1. The second-order valence-corrected chi connectivity index (χ2v) is 9.71. The van der Waals surface area contributed by atoms with E-state index in [1.165, 1.54) is 5.56 Å². The minimum atomic E-state index is -0.240. The number of aryl methyl sites for hydroxylation is 1. The molecule has 35 heavy (non-hydrogen) atoms. The van der Waals surface area contributed by atoms with Crippen LogP contribution in [0.15, 0.2) is 42.7 Å². The summed E-state index contributed by atoms with van der Waals surface area (Å²) in [7, 11) is 2.08. The molecular weight excluding hydrogens is 444 g/mol. The summed E-state index contributed by atoms with van der Waals surface area (Å²) in [5.74, 6) is 0.109. The first-order valence-corrected chi connectivity index (χ1v) is 12.4. The van der Waals surface area contributed by atoms with Crippen molar-refractivity contribution in [2.45, 2.75) is 58.5 Å². The molecule has 0 radical (unpaired) electrons. The summed E-state index contributed by atoms with van der Waals surface area (Å²) in [6, 6.07) is 10.1. The summed E-state index contributed by atoms with van der Waals surface area (Å²) in [5, 5.41) is 19.3. The summed E-state index contributed by atoms with van der Waals surface area (Å²) in [4.78, 5) is 21.5. The Labute approximate surface area is 206 Å². The van der Waals surface area contributed by atoms with Gasteiger partial charge in [-0.3, -0.25) is 19.4 Å². The number of carbonyl (C=O) groups is 1. The van der Waals surface area contributed by atoms with Crippen molar-refractivity contribution in [2.24, 2.45) is 5.92 Å². The molecule has 3 atom stereocenters. The van der Waals surface area contributed by atoms with Crippen molar-refractivity contribution in [3.63, 3.8) is 0 Å². The zero-order chi connectivity index (χ0) is 24.8. The lowest BCUT2D eigenvalue weighted by atomic mass is 10.0. The zero-order valence-electron chi connectivity index (χ0n) is 20.9. The molecule has 1 N–H and O–H groups in total. The van der Waals surface area contributed by atoms with Crippen LogP contribution in [0.2, 0.25) is 0 Å². The fourth-order valence-corrected chi connectivity index (χ4v) is 4.59. The van der Waals surface area contributed by atoms with Crippen molar-refractivity contribution in [2.75, 3.05) is 26.7 Å². The molecule has 1 aliphatic rings. The Bertz CT molecular complexity index is 1120. The number of aliphatic hydroxyl groups is 1. The van der Waals surface area contributed by atoms with E-state index in [0.717, 1.165) is 23.1 Å². The van der Waals surface area contributed by atoms with Gasteiger partial charge in [-0.1, -0.05) is 30.3 Å². The fourth-order valence-electron chi connectivity index (χ4n) is 4.59. The van der Waals surface area contributed by atoms with Gasteiger partial charge >= 0.3 is 0 Å². The van der Waals surface area contributed by atoms with E-state index in [1.807, 2.05) is 25.4 Å². The Kier molecular flexibility index (Phi) is 8.43. The minimum Gasteiger partial charge on any atom is -0.394 e. The van der Waals surface area contributed by atoms with Gasteiger partial charge in [0.05, 0.1) is 37.1 Å². The second kappa shape index (κ2) is 11.7. The van der Waals surface area contributed by atoms with E-state index < -0.39 is 0 Å². The van der Waals surface area contributed by atoms with E-state index in [0.29, 0.717) is 39.1 Å². The van der Waals surface area contributed by atoms with Crippen LogP contribution in [0, 0.1) is 5.92 Å². The Morgan fingerprint density at radius 1 is 1.31 bits per heavy atom. The first-order valence-electron chi connectivity index (χ1n) is 12.4. The van der Waals surface area contributed by atoms with Gasteiger partial charge in [0.15, 0.2) is 0 Å². The predicted octanol–water partition coefficient (Wildman–Crippen LogP) is 2.48. The fraction of sp³-hybridized carbons (Fsp3) is 0.538. The SMILES string of the molecule is C[C@@H]1CN([C@@H](C)CO)C(=O)CCCn2cc(nn2)CO[C@@H]1CN(C)Cc1ccc2cccnc2c1. The highest BCUT2D eigenvalue weighted by Crippen LogP contribution is 2.19. The lowest BCUT2D eigenvalue weighted by Crippen LogP contribution is -2.47. The van der Waals surface area contributed by atoms with Crippen LogP contribution in [0.25, 0.3) is 10.9 Å². The summed E-state index contributed by atoms with van der Waals surface area (Å²) in [6.45, 7) is 6.90. The van der Waals surface area contributed by atoms with Crippen LogP contribution in [-0.2, 0) is 29.2 Å². The van der Waals surface area contributed by atoms with Crippen LogP contribution in [0.4, 0.5) is 0 Å². The van der Waals surface area contributed by atoms with Gasteiger partial charge < -0.3 is 14.7 Å². The monoisotopic (exact) mass is 480 g/mol. The molecule has 0 saturated carbocycles. The van der Waals surface area contributed by atoms with E-state index in [2.05, 4.69) is 58.4 Å². The summed E-state index contributed by atoms with van der Waals surface area (Å²) in [6.07, 6.45) is 4.66. The Morgan fingerprint density at radius 2 is 2.17 bits per heavy atom. The highest BCUT2D eigenvalue weighted by molar-refractivity contribution is 5.78. The van der Waals surface area contributed by atoms with Gasteiger partial charge in [-0.05, 0) is 38.1 Å². The minimum absolute atomic E-state index is 0.0498. The molecule has 188 valence electrons. The number of nitrogens with zero attached hydrogens (tertiary/aromatic N) is 6. The van der Waals surface area contributed by atoms with Gasteiger partial charge in [0.25, 0.3) is 0 Å². The van der Waals surface area contributed by atoms with E-state index in [9.17, 15) is 9.90 Å². The van der Waals surface area contributed by atoms with Crippen molar-refractivity contribution in [1.29, 1.82) is 0 Å². The molecule has 9 nitrogen and oxygen atoms in total. The molecule has 1 aromatic carbocycles. The smallest absolute Gasteiger partial charge is 0.222 e. The molecule has 2 aromatic heterocycles. The number of hydrogen-bond donors (Lipinski definition) is 1. The van der Waals surface area contributed by atoms with Crippen molar-refractivity contribution in [1.82, 2.24) is 29.8 Å². The standard InChI is InChI=1S/C26H36N6O3/c1-19-13-32(20(2)17-33)26(34)7-5-11-31-15-23(28-29-31)18-35-25(19)16-30(3)14-21-8-9-22-6-4-10-27-24(22)12-21/h4,6,8-10,12,15,19-20,25,33H,5,7,11,13-14,16-18H2,1-3H3/t19-,20+,25-/m1/s1. The average Bonchev–Trinajstić information content (AvgIpc) is 3.31. The molecule has 0 saturated heterocycles. The number of ether oxygens (including phenoxy) is 1. The highest BCUT2D eigenvalue weighted by atomic mass is 16.5. The van der Waals surface area contributed by atoms with Gasteiger partial charge in [0.2, 0.25) is 5.91 Å². The molecule has 0 spiro atoms. The first-order chi connectivity index (χ1) is 16.9. The predicted molar refractivity (Wildman–Crippen MR) is 133 cm³/mol. The molecule has 3 heterocycles. The van der Waals surface area contributed by atoms with E-state index in [1.54, 1.807) is 9.58 Å². The molecule has 1 amide bonds. The summed E-state index contributed by atoms with van der Waals surface area (Å²) in [5.41, 5.74) is 2.96. The lowest BCUT2D eigenvalue weighted by Gasteiger charge is -2.35. The topological polar surface area (TPSA) is 96.6 Å². The van der Waals surface area contributed by atoms with Crippen LogP contribution in [0.5, 0.6) is 0 Å². The third-order valence-electron chi connectivity index (χ3n) is 6.66. The van der Waals surface area contributed by atoms with Gasteiger partial charge in [0, 0.05) is 50.1 Å². The van der Waals surface area contributed by atoms with Crippen molar-refractivity contribution in [3.8, 4) is 0 Å². The van der Waals surface area contributed by atoms with E-state index >= 15 is 0 Å². The Balaban J connectivity index is 1.50. The Hall–Kier alpha value is -2.88. The third kappa shape index (κ3) is 6.62. The van der Waals surface area contributed by atoms with Crippen LogP contribution in [-0.4, -0.2) is 79.7 Å². The van der Waals surface area contributed by atoms with Crippen molar-refractivity contribution < 1.29 is 14.6 Å².